The van der Waals surface area contributed by atoms with Crippen LogP contribution in [0.1, 0.15) is 31.0 Å². The van der Waals surface area contributed by atoms with Gasteiger partial charge in [0.25, 0.3) is 0 Å². The fourth-order valence-corrected chi connectivity index (χ4v) is 2.86. The van der Waals surface area contributed by atoms with Gasteiger partial charge >= 0.3 is 0 Å². The lowest BCUT2D eigenvalue weighted by molar-refractivity contribution is 0.311. The first-order chi connectivity index (χ1) is 12.6. The summed E-state index contributed by atoms with van der Waals surface area (Å²) in [7, 11) is 3.35. The third-order valence-corrected chi connectivity index (χ3v) is 4.20. The molecular weight excluding hydrogens is 350 g/mol. The second-order valence-electron chi connectivity index (χ2n) is 5.74. The van der Waals surface area contributed by atoms with Crippen molar-refractivity contribution in [3.05, 3.63) is 58.6 Å². The molecule has 0 radical (unpaired) electrons. The molecule has 6 heteroatoms. The standard InChI is InChI=1S/C20H26ClN3O2/c1-5-26-19-17(21)11-15(12-18(19)25-4)13-23-20(22-3)24-14(2)16-9-7-6-8-10-16/h6-12,14H,5,13H2,1-4H3,(H2,22,23,24). The predicted octanol–water partition coefficient (Wildman–Crippen LogP) is 4.17. The Morgan fingerprint density at radius 3 is 2.58 bits per heavy atom. The maximum absolute atomic E-state index is 6.33. The van der Waals surface area contributed by atoms with Crippen LogP contribution in [0.3, 0.4) is 0 Å². The Morgan fingerprint density at radius 1 is 1.23 bits per heavy atom. The van der Waals surface area contributed by atoms with Crippen LogP contribution in [-0.4, -0.2) is 26.7 Å². The Hall–Kier alpha value is -2.40. The Kier molecular flexibility index (Phi) is 7.60. The average molecular weight is 376 g/mol. The summed E-state index contributed by atoms with van der Waals surface area (Å²) in [5.41, 5.74) is 2.17. The van der Waals surface area contributed by atoms with E-state index in [1.54, 1.807) is 14.2 Å². The fraction of sp³-hybridized carbons (Fsp3) is 0.350. The number of aliphatic imine (C=N–C) groups is 1. The number of nitrogens with zero attached hydrogens (tertiary/aromatic N) is 1. The van der Waals surface area contributed by atoms with Gasteiger partial charge in [-0.25, -0.2) is 0 Å². The van der Waals surface area contributed by atoms with Gasteiger partial charge in [-0.05, 0) is 37.1 Å². The van der Waals surface area contributed by atoms with Crippen molar-refractivity contribution in [2.24, 2.45) is 4.99 Å². The highest BCUT2D eigenvalue weighted by atomic mass is 35.5. The van der Waals surface area contributed by atoms with E-state index in [0.717, 1.165) is 5.56 Å². The summed E-state index contributed by atoms with van der Waals surface area (Å²) in [5, 5.41) is 7.21. The summed E-state index contributed by atoms with van der Waals surface area (Å²) in [4.78, 5) is 4.29. The number of hydrogen-bond donors (Lipinski definition) is 2. The molecule has 0 amide bonds. The number of hydrogen-bond acceptors (Lipinski definition) is 3. The van der Waals surface area contributed by atoms with Gasteiger partial charge in [-0.2, -0.15) is 0 Å². The van der Waals surface area contributed by atoms with E-state index in [-0.39, 0.29) is 6.04 Å². The van der Waals surface area contributed by atoms with E-state index < -0.39 is 0 Å². The zero-order valence-electron chi connectivity index (χ0n) is 15.7. The first-order valence-corrected chi connectivity index (χ1v) is 8.98. The first kappa shape index (κ1) is 19.9. The molecule has 2 aromatic carbocycles. The molecule has 0 heterocycles. The van der Waals surface area contributed by atoms with Crippen LogP contribution in [-0.2, 0) is 6.54 Å². The molecule has 2 rings (SSSR count). The first-order valence-electron chi connectivity index (χ1n) is 8.60. The maximum Gasteiger partial charge on any atom is 0.191 e. The van der Waals surface area contributed by atoms with Crippen LogP contribution in [0.25, 0.3) is 0 Å². The van der Waals surface area contributed by atoms with E-state index in [1.807, 2.05) is 37.3 Å². The van der Waals surface area contributed by atoms with Crippen LogP contribution in [0.4, 0.5) is 0 Å². The molecule has 5 nitrogen and oxygen atoms in total. The van der Waals surface area contributed by atoms with Crippen molar-refractivity contribution < 1.29 is 9.47 Å². The van der Waals surface area contributed by atoms with Crippen LogP contribution < -0.4 is 20.1 Å². The monoisotopic (exact) mass is 375 g/mol. The lowest BCUT2D eigenvalue weighted by atomic mass is 10.1. The number of halogens is 1. The van der Waals surface area contributed by atoms with Crippen molar-refractivity contribution in [2.75, 3.05) is 20.8 Å². The number of ether oxygens (including phenoxy) is 2. The van der Waals surface area contributed by atoms with E-state index in [2.05, 4.69) is 34.7 Å². The van der Waals surface area contributed by atoms with Gasteiger partial charge in [0.15, 0.2) is 17.5 Å². The molecule has 0 aromatic heterocycles. The normalized spacial score (nSPS) is 12.4. The highest BCUT2D eigenvalue weighted by molar-refractivity contribution is 6.32. The van der Waals surface area contributed by atoms with E-state index >= 15 is 0 Å². The Balaban J connectivity index is 2.03. The van der Waals surface area contributed by atoms with Gasteiger partial charge in [0.05, 0.1) is 24.8 Å². The van der Waals surface area contributed by atoms with E-state index in [1.165, 1.54) is 5.56 Å². The van der Waals surface area contributed by atoms with Crippen molar-refractivity contribution in [2.45, 2.75) is 26.4 Å². The minimum atomic E-state index is 0.140. The molecule has 0 saturated carbocycles. The molecule has 0 aliphatic heterocycles. The number of methoxy groups -OCH3 is 1. The molecule has 0 fully saturated rings. The molecule has 1 atom stereocenters. The molecule has 0 saturated heterocycles. The van der Waals surface area contributed by atoms with Crippen molar-refractivity contribution in [3.63, 3.8) is 0 Å². The fourth-order valence-electron chi connectivity index (χ4n) is 2.57. The number of nitrogens with one attached hydrogen (secondary N) is 2. The van der Waals surface area contributed by atoms with Crippen LogP contribution in [0, 0.1) is 0 Å². The van der Waals surface area contributed by atoms with Gasteiger partial charge in [0.2, 0.25) is 0 Å². The second kappa shape index (κ2) is 9.92. The second-order valence-corrected chi connectivity index (χ2v) is 6.15. The number of rotatable bonds is 7. The summed E-state index contributed by atoms with van der Waals surface area (Å²) in [6, 6.07) is 14.2. The van der Waals surface area contributed by atoms with E-state index in [0.29, 0.717) is 35.6 Å². The summed E-state index contributed by atoms with van der Waals surface area (Å²) in [6.07, 6.45) is 0. The van der Waals surface area contributed by atoms with Gasteiger partial charge in [-0.3, -0.25) is 4.99 Å². The predicted molar refractivity (Wildman–Crippen MR) is 107 cm³/mol. The van der Waals surface area contributed by atoms with Crippen molar-refractivity contribution in [1.29, 1.82) is 0 Å². The van der Waals surface area contributed by atoms with Crippen LogP contribution >= 0.6 is 11.6 Å². The van der Waals surface area contributed by atoms with Crippen LogP contribution in [0.2, 0.25) is 5.02 Å². The SMILES string of the molecule is CCOc1c(Cl)cc(CNC(=NC)NC(C)c2ccccc2)cc1OC. The third-order valence-electron chi connectivity index (χ3n) is 3.91. The van der Waals surface area contributed by atoms with Gasteiger partial charge in [0.1, 0.15) is 0 Å². The summed E-state index contributed by atoms with van der Waals surface area (Å²) in [6.45, 7) is 5.10. The lowest BCUT2D eigenvalue weighted by Gasteiger charge is -2.19. The minimum Gasteiger partial charge on any atom is -0.493 e. The molecule has 140 valence electrons. The molecule has 0 spiro atoms. The third kappa shape index (κ3) is 5.30. The molecule has 0 aliphatic rings. The summed E-state index contributed by atoms with van der Waals surface area (Å²) < 4.78 is 10.9. The quantitative estimate of drug-likeness (QED) is 0.563. The molecule has 2 aromatic rings. The number of benzene rings is 2. The molecule has 0 bridgehead atoms. The minimum absolute atomic E-state index is 0.140. The van der Waals surface area contributed by atoms with Gasteiger partial charge < -0.3 is 20.1 Å². The van der Waals surface area contributed by atoms with Gasteiger partial charge in [-0.15, -0.1) is 0 Å². The zero-order valence-corrected chi connectivity index (χ0v) is 16.4. The Bertz CT molecular complexity index is 735. The highest BCUT2D eigenvalue weighted by Gasteiger charge is 2.12. The van der Waals surface area contributed by atoms with Gasteiger partial charge in [-0.1, -0.05) is 41.9 Å². The van der Waals surface area contributed by atoms with E-state index in [9.17, 15) is 0 Å². The van der Waals surface area contributed by atoms with Crippen molar-refractivity contribution >= 4 is 17.6 Å². The average Bonchev–Trinajstić information content (AvgIpc) is 2.67. The molecule has 0 aliphatic carbocycles. The molecule has 26 heavy (non-hydrogen) atoms. The molecule has 1 unspecified atom stereocenters. The smallest absolute Gasteiger partial charge is 0.191 e. The largest absolute Gasteiger partial charge is 0.493 e. The van der Waals surface area contributed by atoms with Crippen molar-refractivity contribution in [1.82, 2.24) is 10.6 Å². The van der Waals surface area contributed by atoms with Crippen LogP contribution in [0.15, 0.2) is 47.5 Å². The Morgan fingerprint density at radius 2 is 1.96 bits per heavy atom. The topological polar surface area (TPSA) is 54.9 Å². The molecular formula is C20H26ClN3O2. The Labute approximate surface area is 160 Å². The highest BCUT2D eigenvalue weighted by Crippen LogP contribution is 2.36. The number of guanidine groups is 1. The van der Waals surface area contributed by atoms with E-state index in [4.69, 9.17) is 21.1 Å². The van der Waals surface area contributed by atoms with Crippen LogP contribution in [0.5, 0.6) is 11.5 Å². The van der Waals surface area contributed by atoms with Gasteiger partial charge in [0, 0.05) is 13.6 Å². The summed E-state index contributed by atoms with van der Waals surface area (Å²) >= 11 is 6.33. The maximum atomic E-state index is 6.33. The summed E-state index contributed by atoms with van der Waals surface area (Å²) in [5.74, 6) is 1.91. The lowest BCUT2D eigenvalue weighted by Crippen LogP contribution is -2.38. The molecule has 2 N–H and O–H groups in total. The zero-order chi connectivity index (χ0) is 18.9. The van der Waals surface area contributed by atoms with Crippen molar-refractivity contribution in [3.8, 4) is 11.5 Å².